The first-order chi connectivity index (χ1) is 9.60. The number of halogens is 1. The second kappa shape index (κ2) is 5.85. The molecule has 20 heavy (non-hydrogen) atoms. The first-order valence-electron chi connectivity index (χ1n) is 5.75. The number of benzene rings is 2. The predicted molar refractivity (Wildman–Crippen MR) is 68.8 cm³/mol. The quantitative estimate of drug-likeness (QED) is 0.928. The van der Waals surface area contributed by atoms with Crippen LogP contribution in [0.4, 0.5) is 4.39 Å². The summed E-state index contributed by atoms with van der Waals surface area (Å²) in [5.74, 6) is -1.05. The van der Waals surface area contributed by atoms with Crippen LogP contribution in [0.3, 0.4) is 0 Å². The summed E-state index contributed by atoms with van der Waals surface area (Å²) in [6.07, 6.45) is 0. The molecule has 1 N–H and O–H groups in total. The summed E-state index contributed by atoms with van der Waals surface area (Å²) in [6, 6.07) is 11.7. The van der Waals surface area contributed by atoms with Crippen LogP contribution in [-0.4, -0.2) is 11.1 Å². The number of rotatable bonds is 4. The molecule has 0 atom stereocenters. The lowest BCUT2D eigenvalue weighted by atomic mass is 10.1. The van der Waals surface area contributed by atoms with E-state index in [4.69, 9.17) is 15.1 Å². The summed E-state index contributed by atoms with van der Waals surface area (Å²) in [5.41, 5.74) is 0.771. The van der Waals surface area contributed by atoms with Crippen molar-refractivity contribution in [2.45, 2.75) is 6.61 Å². The van der Waals surface area contributed by atoms with Crippen LogP contribution in [0.2, 0.25) is 0 Å². The van der Waals surface area contributed by atoms with Gasteiger partial charge in [-0.25, -0.2) is 9.18 Å². The Bertz CT molecular complexity index is 675. The average Bonchev–Trinajstić information content (AvgIpc) is 2.47. The van der Waals surface area contributed by atoms with E-state index in [0.29, 0.717) is 11.3 Å². The van der Waals surface area contributed by atoms with Gasteiger partial charge < -0.3 is 9.84 Å². The molecule has 2 aromatic rings. The van der Waals surface area contributed by atoms with Crippen molar-refractivity contribution in [3.8, 4) is 11.8 Å². The zero-order valence-electron chi connectivity index (χ0n) is 10.3. The highest BCUT2D eigenvalue weighted by molar-refractivity contribution is 5.87. The molecule has 4 nitrogen and oxygen atoms in total. The minimum atomic E-state index is -1.02. The van der Waals surface area contributed by atoms with Gasteiger partial charge >= 0.3 is 5.97 Å². The van der Waals surface area contributed by atoms with Crippen LogP contribution in [-0.2, 0) is 6.61 Å². The number of ether oxygens (including phenoxy) is 1. The second-order valence-electron chi connectivity index (χ2n) is 4.04. The fraction of sp³-hybridized carbons (Fsp3) is 0.0667. The Kier molecular flexibility index (Phi) is 3.96. The monoisotopic (exact) mass is 271 g/mol. The molecule has 0 aromatic heterocycles. The first kappa shape index (κ1) is 13.6. The molecule has 0 heterocycles. The van der Waals surface area contributed by atoms with Crippen LogP contribution in [0.25, 0.3) is 0 Å². The van der Waals surface area contributed by atoms with E-state index in [-0.39, 0.29) is 17.7 Å². The maximum absolute atomic E-state index is 13.5. The van der Waals surface area contributed by atoms with Crippen molar-refractivity contribution in [1.82, 2.24) is 0 Å². The highest BCUT2D eigenvalue weighted by atomic mass is 19.1. The van der Waals surface area contributed by atoms with Gasteiger partial charge in [0.15, 0.2) is 0 Å². The van der Waals surface area contributed by atoms with Crippen molar-refractivity contribution >= 4 is 5.97 Å². The maximum atomic E-state index is 13.5. The summed E-state index contributed by atoms with van der Waals surface area (Å²) in [5, 5.41) is 17.5. The number of aromatic carboxylic acids is 1. The zero-order chi connectivity index (χ0) is 14.5. The summed E-state index contributed by atoms with van der Waals surface area (Å²) < 4.78 is 18.9. The molecule has 2 rings (SSSR count). The van der Waals surface area contributed by atoms with E-state index in [1.54, 1.807) is 0 Å². The predicted octanol–water partition coefficient (Wildman–Crippen LogP) is 2.97. The summed E-state index contributed by atoms with van der Waals surface area (Å²) in [4.78, 5) is 10.7. The third kappa shape index (κ3) is 3.12. The lowest BCUT2D eigenvalue weighted by Crippen LogP contribution is -2.00. The Labute approximate surface area is 114 Å². The molecular formula is C15H10FNO3. The van der Waals surface area contributed by atoms with Gasteiger partial charge in [-0.3, -0.25) is 0 Å². The molecule has 0 saturated carbocycles. The van der Waals surface area contributed by atoms with Crippen LogP contribution in [0.1, 0.15) is 21.5 Å². The molecule has 0 spiro atoms. The molecule has 0 fully saturated rings. The highest BCUT2D eigenvalue weighted by Gasteiger charge is 2.06. The molecule has 0 aliphatic heterocycles. The Balaban J connectivity index is 2.09. The van der Waals surface area contributed by atoms with Crippen molar-refractivity contribution in [3.05, 3.63) is 65.0 Å². The number of carboxylic acid groups (broad SMARTS) is 1. The Hall–Kier alpha value is -2.87. The zero-order valence-corrected chi connectivity index (χ0v) is 10.3. The normalized spacial score (nSPS) is 9.80. The van der Waals surface area contributed by atoms with Crippen LogP contribution in [0.15, 0.2) is 42.5 Å². The number of carboxylic acids is 1. The summed E-state index contributed by atoms with van der Waals surface area (Å²) in [6.45, 7) is -0.0340. The fourth-order valence-electron chi connectivity index (χ4n) is 1.61. The van der Waals surface area contributed by atoms with Gasteiger partial charge in [0.05, 0.1) is 17.2 Å². The van der Waals surface area contributed by atoms with E-state index >= 15 is 0 Å². The number of carbonyl (C=O) groups is 1. The van der Waals surface area contributed by atoms with Gasteiger partial charge in [-0.05, 0) is 42.5 Å². The summed E-state index contributed by atoms with van der Waals surface area (Å²) in [7, 11) is 0. The molecule has 0 unspecified atom stereocenters. The van der Waals surface area contributed by atoms with Crippen LogP contribution < -0.4 is 4.74 Å². The Morgan fingerprint density at radius 1 is 1.25 bits per heavy atom. The van der Waals surface area contributed by atoms with Crippen molar-refractivity contribution < 1.29 is 19.0 Å². The van der Waals surface area contributed by atoms with Gasteiger partial charge in [0, 0.05) is 5.56 Å². The number of nitrogens with zero attached hydrogens (tertiary/aromatic N) is 1. The van der Waals surface area contributed by atoms with Crippen molar-refractivity contribution in [1.29, 1.82) is 5.26 Å². The van der Waals surface area contributed by atoms with E-state index in [1.807, 2.05) is 6.07 Å². The van der Waals surface area contributed by atoms with Crippen molar-refractivity contribution in [2.24, 2.45) is 0 Å². The van der Waals surface area contributed by atoms with E-state index < -0.39 is 11.8 Å². The number of nitriles is 1. The fourth-order valence-corrected chi connectivity index (χ4v) is 1.61. The molecule has 0 radical (unpaired) electrons. The molecular weight excluding hydrogens is 261 g/mol. The van der Waals surface area contributed by atoms with Gasteiger partial charge in [-0.2, -0.15) is 5.26 Å². The lowest BCUT2D eigenvalue weighted by molar-refractivity contribution is 0.0697. The van der Waals surface area contributed by atoms with Gasteiger partial charge in [0.2, 0.25) is 0 Å². The van der Waals surface area contributed by atoms with Crippen molar-refractivity contribution in [2.75, 3.05) is 0 Å². The molecule has 2 aromatic carbocycles. The number of hydrogen-bond donors (Lipinski definition) is 1. The largest absolute Gasteiger partial charge is 0.489 e. The molecule has 0 bridgehead atoms. The molecule has 100 valence electrons. The first-order valence-corrected chi connectivity index (χ1v) is 5.75. The van der Waals surface area contributed by atoms with Gasteiger partial charge in [0.25, 0.3) is 0 Å². The van der Waals surface area contributed by atoms with Gasteiger partial charge in [0.1, 0.15) is 18.2 Å². The lowest BCUT2D eigenvalue weighted by Gasteiger charge is -2.07. The molecule has 0 aliphatic rings. The standard InChI is InChI=1S/C15H10FNO3/c16-14-6-1-10(8-17)7-12(14)9-20-13-4-2-11(3-5-13)15(18)19/h1-7H,9H2,(H,18,19). The van der Waals surface area contributed by atoms with E-state index in [2.05, 4.69) is 0 Å². The van der Waals surface area contributed by atoms with Gasteiger partial charge in [-0.15, -0.1) is 0 Å². The average molecular weight is 271 g/mol. The smallest absolute Gasteiger partial charge is 0.335 e. The van der Waals surface area contributed by atoms with Crippen molar-refractivity contribution in [3.63, 3.8) is 0 Å². The molecule has 0 saturated heterocycles. The Morgan fingerprint density at radius 3 is 2.55 bits per heavy atom. The number of hydrogen-bond acceptors (Lipinski definition) is 3. The van der Waals surface area contributed by atoms with Crippen LogP contribution >= 0.6 is 0 Å². The van der Waals surface area contributed by atoms with E-state index in [9.17, 15) is 9.18 Å². The second-order valence-corrected chi connectivity index (χ2v) is 4.04. The Morgan fingerprint density at radius 2 is 1.95 bits per heavy atom. The van der Waals surface area contributed by atoms with E-state index in [1.165, 1.54) is 42.5 Å². The molecule has 5 heteroatoms. The van der Waals surface area contributed by atoms with E-state index in [0.717, 1.165) is 0 Å². The van der Waals surface area contributed by atoms with Gasteiger partial charge in [-0.1, -0.05) is 0 Å². The topological polar surface area (TPSA) is 70.3 Å². The minimum absolute atomic E-state index is 0.0340. The third-order valence-corrected chi connectivity index (χ3v) is 2.67. The summed E-state index contributed by atoms with van der Waals surface area (Å²) >= 11 is 0. The van der Waals surface area contributed by atoms with Crippen LogP contribution in [0, 0.1) is 17.1 Å². The van der Waals surface area contributed by atoms with Crippen LogP contribution in [0.5, 0.6) is 5.75 Å². The minimum Gasteiger partial charge on any atom is -0.489 e. The molecule has 0 amide bonds. The highest BCUT2D eigenvalue weighted by Crippen LogP contribution is 2.16. The third-order valence-electron chi connectivity index (χ3n) is 2.67. The molecule has 0 aliphatic carbocycles. The SMILES string of the molecule is N#Cc1ccc(F)c(COc2ccc(C(=O)O)cc2)c1. The maximum Gasteiger partial charge on any atom is 0.335 e.